The minimum absolute atomic E-state index is 0.0783. The number of nitrogens with one attached hydrogen (secondary N) is 2. The number of nitrogens with zero attached hydrogens (tertiary/aromatic N) is 1. The van der Waals surface area contributed by atoms with Crippen molar-refractivity contribution in [3.63, 3.8) is 0 Å². The minimum Gasteiger partial charge on any atom is -0.370 e. The Morgan fingerprint density at radius 1 is 1.37 bits per heavy atom. The number of anilines is 1. The molecule has 0 aliphatic carbocycles. The average Bonchev–Trinajstić information content (AvgIpc) is 2.36. The molecule has 0 saturated carbocycles. The van der Waals surface area contributed by atoms with Crippen molar-refractivity contribution in [1.82, 2.24) is 10.3 Å². The van der Waals surface area contributed by atoms with Crippen LogP contribution >= 0.6 is 0 Å². The molecule has 4 heteroatoms. The lowest BCUT2D eigenvalue weighted by Crippen LogP contribution is -2.37. The van der Waals surface area contributed by atoms with Crippen molar-refractivity contribution in [2.24, 2.45) is 11.3 Å². The minimum atomic E-state index is -0.117. The fraction of sp³-hybridized carbons (Fsp3) is 0.600. The van der Waals surface area contributed by atoms with Crippen molar-refractivity contribution < 1.29 is 4.79 Å². The van der Waals surface area contributed by atoms with Gasteiger partial charge in [-0.1, -0.05) is 33.8 Å². The molecule has 19 heavy (non-hydrogen) atoms. The fourth-order valence-corrected chi connectivity index (χ4v) is 1.44. The standard InChI is InChI=1S/C15H25N3O/c1-6-16-13-9-7-8-12(18-13)14(19)17-10-15(4,5)11(2)3/h7-9,11H,6,10H2,1-5H3,(H,16,18)(H,17,19). The highest BCUT2D eigenvalue weighted by atomic mass is 16.1. The second-order valence-electron chi connectivity index (χ2n) is 5.76. The van der Waals surface area contributed by atoms with Crippen LogP contribution in [-0.2, 0) is 0 Å². The van der Waals surface area contributed by atoms with Crippen molar-refractivity contribution in [1.29, 1.82) is 0 Å². The SMILES string of the molecule is CCNc1cccc(C(=O)NCC(C)(C)C(C)C)n1. The van der Waals surface area contributed by atoms with E-state index in [-0.39, 0.29) is 11.3 Å². The lowest BCUT2D eigenvalue weighted by Gasteiger charge is -2.29. The number of aromatic nitrogens is 1. The highest BCUT2D eigenvalue weighted by Crippen LogP contribution is 2.24. The summed E-state index contributed by atoms with van der Waals surface area (Å²) in [6.45, 7) is 12.1. The van der Waals surface area contributed by atoms with Gasteiger partial charge in [0.2, 0.25) is 0 Å². The molecule has 0 aromatic carbocycles. The zero-order chi connectivity index (χ0) is 14.5. The molecule has 1 aromatic heterocycles. The summed E-state index contributed by atoms with van der Waals surface area (Å²) in [6.07, 6.45) is 0. The predicted octanol–water partition coefficient (Wildman–Crippen LogP) is 2.93. The van der Waals surface area contributed by atoms with E-state index >= 15 is 0 Å². The first-order valence-electron chi connectivity index (χ1n) is 6.86. The van der Waals surface area contributed by atoms with Gasteiger partial charge in [0.05, 0.1) is 0 Å². The smallest absolute Gasteiger partial charge is 0.269 e. The van der Waals surface area contributed by atoms with Gasteiger partial charge >= 0.3 is 0 Å². The van der Waals surface area contributed by atoms with Gasteiger partial charge in [0.25, 0.3) is 5.91 Å². The molecule has 0 unspecified atom stereocenters. The van der Waals surface area contributed by atoms with E-state index in [2.05, 4.69) is 43.3 Å². The Bertz CT molecular complexity index is 427. The van der Waals surface area contributed by atoms with E-state index in [9.17, 15) is 4.79 Å². The Balaban J connectivity index is 2.66. The van der Waals surface area contributed by atoms with Gasteiger partial charge in [-0.05, 0) is 30.4 Å². The lowest BCUT2D eigenvalue weighted by atomic mass is 9.81. The molecule has 4 nitrogen and oxygen atoms in total. The first kappa shape index (κ1) is 15.5. The van der Waals surface area contributed by atoms with Gasteiger partial charge in [0, 0.05) is 13.1 Å². The van der Waals surface area contributed by atoms with Crippen LogP contribution in [0, 0.1) is 11.3 Å². The summed E-state index contributed by atoms with van der Waals surface area (Å²) in [4.78, 5) is 16.4. The second-order valence-corrected chi connectivity index (χ2v) is 5.76. The number of rotatable bonds is 6. The van der Waals surface area contributed by atoms with Crippen molar-refractivity contribution >= 4 is 11.7 Å². The molecule has 0 fully saturated rings. The number of carbonyl (C=O) groups is 1. The summed E-state index contributed by atoms with van der Waals surface area (Å²) in [5.41, 5.74) is 0.535. The highest BCUT2D eigenvalue weighted by Gasteiger charge is 2.23. The summed E-state index contributed by atoms with van der Waals surface area (Å²) in [6, 6.07) is 5.43. The maximum Gasteiger partial charge on any atom is 0.269 e. The summed E-state index contributed by atoms with van der Waals surface area (Å²) in [7, 11) is 0. The Morgan fingerprint density at radius 3 is 2.63 bits per heavy atom. The predicted molar refractivity (Wildman–Crippen MR) is 79.4 cm³/mol. The molecule has 106 valence electrons. The van der Waals surface area contributed by atoms with Crippen LogP contribution in [0.4, 0.5) is 5.82 Å². The first-order chi connectivity index (χ1) is 8.86. The summed E-state index contributed by atoms with van der Waals surface area (Å²) in [5, 5.41) is 6.06. The zero-order valence-corrected chi connectivity index (χ0v) is 12.6. The molecule has 0 aliphatic rings. The van der Waals surface area contributed by atoms with Gasteiger partial charge in [-0.2, -0.15) is 0 Å². The van der Waals surface area contributed by atoms with Crippen LogP contribution in [0.1, 0.15) is 45.1 Å². The van der Waals surface area contributed by atoms with Gasteiger partial charge < -0.3 is 10.6 Å². The monoisotopic (exact) mass is 263 g/mol. The third-order valence-electron chi connectivity index (χ3n) is 3.61. The quantitative estimate of drug-likeness (QED) is 0.829. The van der Waals surface area contributed by atoms with Crippen molar-refractivity contribution in [2.75, 3.05) is 18.4 Å². The molecule has 2 N–H and O–H groups in total. The third kappa shape index (κ3) is 4.54. The Hall–Kier alpha value is -1.58. The lowest BCUT2D eigenvalue weighted by molar-refractivity contribution is 0.0920. The number of hydrogen-bond donors (Lipinski definition) is 2. The van der Waals surface area contributed by atoms with E-state index in [1.807, 2.05) is 19.1 Å². The topological polar surface area (TPSA) is 54.0 Å². The molecule has 1 amide bonds. The van der Waals surface area contributed by atoms with E-state index < -0.39 is 0 Å². The van der Waals surface area contributed by atoms with E-state index in [1.54, 1.807) is 6.07 Å². The normalized spacial score (nSPS) is 11.5. The molecule has 1 rings (SSSR count). The second kappa shape index (κ2) is 6.55. The van der Waals surface area contributed by atoms with Gasteiger partial charge in [-0.3, -0.25) is 4.79 Å². The largest absolute Gasteiger partial charge is 0.370 e. The Kier molecular flexibility index (Phi) is 5.33. The molecule has 0 spiro atoms. The molecular weight excluding hydrogens is 238 g/mol. The Morgan fingerprint density at radius 2 is 2.05 bits per heavy atom. The van der Waals surface area contributed by atoms with E-state index in [1.165, 1.54) is 0 Å². The summed E-state index contributed by atoms with van der Waals surface area (Å²) < 4.78 is 0. The van der Waals surface area contributed by atoms with Crippen LogP contribution in [-0.4, -0.2) is 24.0 Å². The molecule has 0 aliphatic heterocycles. The average molecular weight is 263 g/mol. The molecule has 0 saturated heterocycles. The first-order valence-corrected chi connectivity index (χ1v) is 6.86. The van der Waals surface area contributed by atoms with Gasteiger partial charge in [-0.15, -0.1) is 0 Å². The van der Waals surface area contributed by atoms with E-state index in [0.717, 1.165) is 12.4 Å². The molecular formula is C15H25N3O. The fourth-order valence-electron chi connectivity index (χ4n) is 1.44. The molecule has 0 bridgehead atoms. The van der Waals surface area contributed by atoms with Crippen LogP contribution in [0.25, 0.3) is 0 Å². The summed E-state index contributed by atoms with van der Waals surface area (Å²) in [5.74, 6) is 1.13. The summed E-state index contributed by atoms with van der Waals surface area (Å²) >= 11 is 0. The zero-order valence-electron chi connectivity index (χ0n) is 12.6. The Labute approximate surface area is 116 Å². The number of hydrogen-bond acceptors (Lipinski definition) is 3. The van der Waals surface area contributed by atoms with E-state index in [4.69, 9.17) is 0 Å². The van der Waals surface area contributed by atoms with Crippen LogP contribution in [0.2, 0.25) is 0 Å². The number of amides is 1. The van der Waals surface area contributed by atoms with Crippen molar-refractivity contribution in [2.45, 2.75) is 34.6 Å². The van der Waals surface area contributed by atoms with Crippen molar-refractivity contribution in [3.05, 3.63) is 23.9 Å². The number of pyridine rings is 1. The van der Waals surface area contributed by atoms with Gasteiger partial charge in [-0.25, -0.2) is 4.98 Å². The van der Waals surface area contributed by atoms with Crippen LogP contribution in [0.15, 0.2) is 18.2 Å². The highest BCUT2D eigenvalue weighted by molar-refractivity contribution is 5.92. The molecule has 0 radical (unpaired) electrons. The maximum absolute atomic E-state index is 12.1. The third-order valence-corrected chi connectivity index (χ3v) is 3.61. The van der Waals surface area contributed by atoms with Crippen LogP contribution in [0.3, 0.4) is 0 Å². The number of carbonyl (C=O) groups excluding carboxylic acids is 1. The van der Waals surface area contributed by atoms with Gasteiger partial charge in [0.15, 0.2) is 0 Å². The van der Waals surface area contributed by atoms with Crippen LogP contribution < -0.4 is 10.6 Å². The maximum atomic E-state index is 12.1. The van der Waals surface area contributed by atoms with E-state index in [0.29, 0.717) is 18.2 Å². The molecule has 0 atom stereocenters. The van der Waals surface area contributed by atoms with Crippen molar-refractivity contribution in [3.8, 4) is 0 Å². The van der Waals surface area contributed by atoms with Gasteiger partial charge in [0.1, 0.15) is 11.5 Å². The molecule has 1 heterocycles. The molecule has 1 aromatic rings. The van der Waals surface area contributed by atoms with Crippen LogP contribution in [0.5, 0.6) is 0 Å².